The van der Waals surface area contributed by atoms with E-state index >= 15 is 0 Å². The summed E-state index contributed by atoms with van der Waals surface area (Å²) in [6.07, 6.45) is 1.43. The summed E-state index contributed by atoms with van der Waals surface area (Å²) < 4.78 is 0. The zero-order valence-electron chi connectivity index (χ0n) is 15.2. The minimum absolute atomic E-state index is 0.0183. The van der Waals surface area contributed by atoms with Gasteiger partial charge in [0.25, 0.3) is 5.91 Å². The van der Waals surface area contributed by atoms with Crippen LogP contribution in [0.25, 0.3) is 0 Å². The summed E-state index contributed by atoms with van der Waals surface area (Å²) in [5.74, 6) is -2.03. The maximum absolute atomic E-state index is 12.4. The average molecular weight is 436 g/mol. The van der Waals surface area contributed by atoms with Crippen molar-refractivity contribution in [2.24, 2.45) is 0 Å². The SMILES string of the molecule is O=C(NCC(NC(=O)c1c(Cl)cccc1Cl)C(=O)O)NC1Cc2ccccc2C1. The normalized spacial score (nSPS) is 14.0. The predicted molar refractivity (Wildman–Crippen MR) is 110 cm³/mol. The number of benzene rings is 2. The summed E-state index contributed by atoms with van der Waals surface area (Å²) in [6.45, 7) is -0.297. The van der Waals surface area contributed by atoms with E-state index in [2.05, 4.69) is 16.0 Å². The molecule has 152 valence electrons. The van der Waals surface area contributed by atoms with Gasteiger partial charge in [-0.25, -0.2) is 9.59 Å². The summed E-state index contributed by atoms with van der Waals surface area (Å²) in [7, 11) is 0. The van der Waals surface area contributed by atoms with Gasteiger partial charge in [-0.05, 0) is 36.1 Å². The van der Waals surface area contributed by atoms with E-state index in [0.717, 1.165) is 0 Å². The maximum Gasteiger partial charge on any atom is 0.328 e. The first-order chi connectivity index (χ1) is 13.8. The molecule has 29 heavy (non-hydrogen) atoms. The van der Waals surface area contributed by atoms with Crippen molar-refractivity contribution >= 4 is 41.1 Å². The highest BCUT2D eigenvalue weighted by atomic mass is 35.5. The number of nitrogens with one attached hydrogen (secondary N) is 3. The molecule has 3 amide bonds. The van der Waals surface area contributed by atoms with Crippen LogP contribution in [-0.2, 0) is 17.6 Å². The van der Waals surface area contributed by atoms with E-state index in [0.29, 0.717) is 12.8 Å². The van der Waals surface area contributed by atoms with Crippen molar-refractivity contribution < 1.29 is 19.5 Å². The van der Waals surface area contributed by atoms with Crippen molar-refractivity contribution in [3.63, 3.8) is 0 Å². The summed E-state index contributed by atoms with van der Waals surface area (Å²) >= 11 is 12.0. The van der Waals surface area contributed by atoms with Gasteiger partial charge >= 0.3 is 12.0 Å². The van der Waals surface area contributed by atoms with Gasteiger partial charge in [-0.2, -0.15) is 0 Å². The Morgan fingerprint density at radius 1 is 1.00 bits per heavy atom. The highest BCUT2D eigenvalue weighted by Crippen LogP contribution is 2.24. The van der Waals surface area contributed by atoms with Crippen molar-refractivity contribution in [3.8, 4) is 0 Å². The zero-order valence-corrected chi connectivity index (χ0v) is 16.8. The number of amides is 3. The zero-order chi connectivity index (χ0) is 21.0. The molecule has 0 saturated carbocycles. The lowest BCUT2D eigenvalue weighted by atomic mass is 10.1. The summed E-state index contributed by atoms with van der Waals surface area (Å²) in [4.78, 5) is 36.0. The molecule has 0 radical (unpaired) electrons. The smallest absolute Gasteiger partial charge is 0.328 e. The first kappa shape index (κ1) is 21.0. The number of hydrogen-bond donors (Lipinski definition) is 4. The van der Waals surface area contributed by atoms with Crippen LogP contribution >= 0.6 is 23.2 Å². The summed E-state index contributed by atoms with van der Waals surface area (Å²) in [6, 6.07) is 10.6. The molecule has 0 saturated heterocycles. The first-order valence-corrected chi connectivity index (χ1v) is 9.69. The number of fused-ring (bicyclic) bond motifs is 1. The second-order valence-corrected chi connectivity index (χ2v) is 7.50. The fraction of sp³-hybridized carbons (Fsp3) is 0.250. The molecule has 3 rings (SSSR count). The summed E-state index contributed by atoms with van der Waals surface area (Å²) in [5.41, 5.74) is 2.35. The topological polar surface area (TPSA) is 108 Å². The van der Waals surface area contributed by atoms with Gasteiger partial charge in [0.05, 0.1) is 22.2 Å². The lowest BCUT2D eigenvalue weighted by molar-refractivity contribution is -0.139. The van der Waals surface area contributed by atoms with Crippen LogP contribution in [0.1, 0.15) is 21.5 Å². The van der Waals surface area contributed by atoms with Gasteiger partial charge in [-0.3, -0.25) is 4.79 Å². The molecular formula is C20H19Cl2N3O4. The van der Waals surface area contributed by atoms with E-state index in [9.17, 15) is 19.5 Å². The lowest BCUT2D eigenvalue weighted by Gasteiger charge is -2.18. The summed E-state index contributed by atoms with van der Waals surface area (Å²) in [5, 5.41) is 17.2. The second-order valence-electron chi connectivity index (χ2n) is 6.69. The van der Waals surface area contributed by atoms with Gasteiger partial charge in [0, 0.05) is 6.04 Å². The molecule has 0 aliphatic heterocycles. The van der Waals surface area contributed by atoms with Crippen molar-refractivity contribution in [3.05, 3.63) is 69.2 Å². The largest absolute Gasteiger partial charge is 0.480 e. The van der Waals surface area contributed by atoms with E-state index in [1.165, 1.54) is 23.3 Å². The number of carboxylic acid groups (broad SMARTS) is 1. The highest BCUT2D eigenvalue weighted by Gasteiger charge is 2.26. The molecule has 0 spiro atoms. The molecule has 2 aromatic rings. The quantitative estimate of drug-likeness (QED) is 0.559. The van der Waals surface area contributed by atoms with Crippen molar-refractivity contribution in [2.45, 2.75) is 24.9 Å². The number of carbonyl (C=O) groups is 3. The van der Waals surface area contributed by atoms with Crippen LogP contribution in [0.4, 0.5) is 4.79 Å². The number of hydrogen-bond acceptors (Lipinski definition) is 3. The van der Waals surface area contributed by atoms with Gasteiger partial charge in [0.2, 0.25) is 0 Å². The van der Waals surface area contributed by atoms with Crippen LogP contribution in [0.2, 0.25) is 10.0 Å². The number of rotatable bonds is 6. The molecule has 1 aliphatic carbocycles. The van der Waals surface area contributed by atoms with E-state index in [-0.39, 0.29) is 28.2 Å². The first-order valence-electron chi connectivity index (χ1n) is 8.94. The molecular weight excluding hydrogens is 417 g/mol. The lowest BCUT2D eigenvalue weighted by Crippen LogP contribution is -2.51. The van der Waals surface area contributed by atoms with E-state index in [4.69, 9.17) is 23.2 Å². The number of halogens is 2. The Kier molecular flexibility index (Phi) is 6.61. The Morgan fingerprint density at radius 3 is 2.14 bits per heavy atom. The maximum atomic E-state index is 12.4. The Bertz CT molecular complexity index is 906. The highest BCUT2D eigenvalue weighted by molar-refractivity contribution is 6.39. The van der Waals surface area contributed by atoms with Gasteiger partial charge in [-0.1, -0.05) is 53.5 Å². The minimum atomic E-state index is -1.35. The number of carboxylic acids is 1. The average Bonchev–Trinajstić information content (AvgIpc) is 3.06. The fourth-order valence-electron chi connectivity index (χ4n) is 3.24. The van der Waals surface area contributed by atoms with Crippen LogP contribution in [-0.4, -0.2) is 41.6 Å². The van der Waals surface area contributed by atoms with Gasteiger partial charge in [0.15, 0.2) is 0 Å². The third kappa shape index (κ3) is 5.19. The Morgan fingerprint density at radius 2 is 1.59 bits per heavy atom. The fourth-order valence-corrected chi connectivity index (χ4v) is 3.81. The van der Waals surface area contributed by atoms with Crippen LogP contribution in [0.15, 0.2) is 42.5 Å². The number of urea groups is 1. The predicted octanol–water partition coefficient (Wildman–Crippen LogP) is 2.64. The number of aliphatic carboxylic acids is 1. The molecule has 1 unspecified atom stereocenters. The van der Waals surface area contributed by atoms with Gasteiger partial charge in [-0.15, -0.1) is 0 Å². The Balaban J connectivity index is 1.54. The Labute approximate surface area is 177 Å². The third-order valence-electron chi connectivity index (χ3n) is 4.65. The molecule has 2 aromatic carbocycles. The third-order valence-corrected chi connectivity index (χ3v) is 5.28. The van der Waals surface area contributed by atoms with Gasteiger partial charge < -0.3 is 21.1 Å². The monoisotopic (exact) mass is 435 g/mol. The van der Waals surface area contributed by atoms with Crippen LogP contribution < -0.4 is 16.0 Å². The van der Waals surface area contributed by atoms with Crippen molar-refractivity contribution in [1.29, 1.82) is 0 Å². The van der Waals surface area contributed by atoms with E-state index in [1.807, 2.05) is 24.3 Å². The standard InChI is InChI=1S/C20H19Cl2N3O4/c21-14-6-3-7-15(22)17(14)18(26)25-16(19(27)28)10-23-20(29)24-13-8-11-4-1-2-5-12(11)9-13/h1-7,13,16H,8-10H2,(H,25,26)(H,27,28)(H2,23,24,29). The molecule has 4 N–H and O–H groups in total. The second kappa shape index (κ2) is 9.15. The molecule has 9 heteroatoms. The van der Waals surface area contributed by atoms with Crippen molar-refractivity contribution in [1.82, 2.24) is 16.0 Å². The molecule has 7 nitrogen and oxygen atoms in total. The molecule has 0 aromatic heterocycles. The van der Waals surface area contributed by atoms with E-state index < -0.39 is 23.9 Å². The van der Waals surface area contributed by atoms with Crippen molar-refractivity contribution in [2.75, 3.05) is 6.54 Å². The van der Waals surface area contributed by atoms with Crippen LogP contribution in [0.5, 0.6) is 0 Å². The molecule has 0 fully saturated rings. The van der Waals surface area contributed by atoms with Gasteiger partial charge in [0.1, 0.15) is 6.04 Å². The van der Waals surface area contributed by atoms with E-state index in [1.54, 1.807) is 6.07 Å². The minimum Gasteiger partial charge on any atom is -0.480 e. The Hall–Kier alpha value is -2.77. The molecule has 1 aliphatic rings. The number of carbonyl (C=O) groups excluding carboxylic acids is 2. The van der Waals surface area contributed by atoms with Crippen LogP contribution in [0.3, 0.4) is 0 Å². The molecule has 0 bridgehead atoms. The van der Waals surface area contributed by atoms with Crippen LogP contribution in [0, 0.1) is 0 Å². The molecule has 0 heterocycles. The molecule has 1 atom stereocenters.